The van der Waals surface area contributed by atoms with E-state index in [9.17, 15) is 4.79 Å². The molecule has 1 rings (SSSR count). The molecule has 0 aliphatic carbocycles. The Hall–Kier alpha value is 0.120. The molecule has 0 fully saturated rings. The van der Waals surface area contributed by atoms with Crippen molar-refractivity contribution in [3.8, 4) is 0 Å². The molecule has 1 aromatic rings. The molecule has 0 radical (unpaired) electrons. The van der Waals surface area contributed by atoms with Crippen molar-refractivity contribution in [2.75, 3.05) is 6.61 Å². The summed E-state index contributed by atoms with van der Waals surface area (Å²) in [4.78, 5) is 11.7. The Kier molecular flexibility index (Phi) is 5.46. The Morgan fingerprint density at radius 3 is 2.44 bits per heavy atom. The van der Waals surface area contributed by atoms with Crippen LogP contribution >= 0.6 is 47.8 Å². The van der Waals surface area contributed by atoms with Crippen LogP contribution in [-0.4, -0.2) is 22.4 Å². The summed E-state index contributed by atoms with van der Waals surface area (Å²) in [6.45, 7) is 4.07. The molecule has 90 valence electrons. The third-order valence-corrected chi connectivity index (χ3v) is 5.13. The lowest BCUT2D eigenvalue weighted by Crippen LogP contribution is -2.22. The zero-order valence-electron chi connectivity index (χ0n) is 8.84. The van der Waals surface area contributed by atoms with Gasteiger partial charge in [-0.3, -0.25) is 0 Å². The highest BCUT2D eigenvalue weighted by atomic mass is 79.9. The molecular weight excluding hydrogens is 408 g/mol. The van der Waals surface area contributed by atoms with E-state index in [4.69, 9.17) is 4.74 Å². The first-order chi connectivity index (χ1) is 7.52. The zero-order valence-corrected chi connectivity index (χ0v) is 13.6. The van der Waals surface area contributed by atoms with Crippen LogP contribution in [-0.2, 0) is 9.53 Å². The van der Waals surface area contributed by atoms with Gasteiger partial charge >= 0.3 is 5.97 Å². The van der Waals surface area contributed by atoms with Crippen molar-refractivity contribution < 1.29 is 9.53 Å². The Morgan fingerprint density at radius 1 is 1.44 bits per heavy atom. The largest absolute Gasteiger partial charge is 0.464 e. The number of rotatable bonds is 4. The maximum Gasteiger partial charge on any atom is 0.330 e. The second kappa shape index (κ2) is 6.16. The summed E-state index contributed by atoms with van der Waals surface area (Å²) in [7, 11) is 0. The van der Waals surface area contributed by atoms with Gasteiger partial charge in [0.2, 0.25) is 0 Å². The van der Waals surface area contributed by atoms with Crippen LogP contribution in [0.5, 0.6) is 0 Å². The highest BCUT2D eigenvalue weighted by Gasteiger charge is 2.25. The summed E-state index contributed by atoms with van der Waals surface area (Å²) < 4.78 is 8.77. The van der Waals surface area contributed by atoms with E-state index in [0.717, 1.165) is 9.08 Å². The molecule has 0 amide bonds. The summed E-state index contributed by atoms with van der Waals surface area (Å²) >= 11 is 10.0. The zero-order chi connectivity index (χ0) is 12.3. The maximum atomic E-state index is 11.7. The number of ether oxygens (including phenoxy) is 1. The predicted molar refractivity (Wildman–Crippen MR) is 71.3 cm³/mol. The van der Waals surface area contributed by atoms with Crippen LogP contribution in [0.25, 0.3) is 0 Å². The normalized spacial score (nSPS) is 12.6. The molecule has 0 saturated carbocycles. The van der Waals surface area contributed by atoms with Crippen molar-refractivity contribution in [1.29, 1.82) is 0 Å². The van der Waals surface area contributed by atoms with Crippen LogP contribution in [0.1, 0.15) is 26.3 Å². The standard InChI is InChI=1S/C9H11Br3N2O2/c1-3-5(9(15)16-4-2)14-8(12)6(10)7(11)13-14/h5H,3-4H2,1-2H3. The van der Waals surface area contributed by atoms with Gasteiger partial charge in [-0.15, -0.1) is 0 Å². The lowest BCUT2D eigenvalue weighted by Gasteiger charge is -2.14. The smallest absolute Gasteiger partial charge is 0.330 e. The predicted octanol–water partition coefficient (Wildman–Crippen LogP) is 3.68. The summed E-state index contributed by atoms with van der Waals surface area (Å²) in [5.41, 5.74) is 0. The van der Waals surface area contributed by atoms with Crippen molar-refractivity contribution in [3.63, 3.8) is 0 Å². The summed E-state index contributed by atoms with van der Waals surface area (Å²) in [6, 6.07) is -0.406. The van der Waals surface area contributed by atoms with E-state index in [1.807, 2.05) is 6.92 Å². The van der Waals surface area contributed by atoms with E-state index < -0.39 is 6.04 Å². The average Bonchev–Trinajstić information content (AvgIpc) is 2.48. The van der Waals surface area contributed by atoms with Crippen molar-refractivity contribution in [2.45, 2.75) is 26.3 Å². The fraction of sp³-hybridized carbons (Fsp3) is 0.556. The van der Waals surface area contributed by atoms with E-state index in [1.54, 1.807) is 11.6 Å². The van der Waals surface area contributed by atoms with Gasteiger partial charge in [-0.2, -0.15) is 5.10 Å². The minimum atomic E-state index is -0.406. The summed E-state index contributed by atoms with van der Waals surface area (Å²) in [6.07, 6.45) is 0.623. The van der Waals surface area contributed by atoms with E-state index in [-0.39, 0.29) is 5.97 Å². The lowest BCUT2D eigenvalue weighted by atomic mass is 10.2. The van der Waals surface area contributed by atoms with E-state index in [1.165, 1.54) is 0 Å². The van der Waals surface area contributed by atoms with Gasteiger partial charge in [-0.05, 0) is 61.1 Å². The first kappa shape index (κ1) is 14.2. The lowest BCUT2D eigenvalue weighted by molar-refractivity contribution is -0.147. The van der Waals surface area contributed by atoms with Crippen LogP contribution in [0.15, 0.2) is 13.7 Å². The Balaban J connectivity index is 3.04. The number of hydrogen-bond donors (Lipinski definition) is 0. The van der Waals surface area contributed by atoms with Crippen LogP contribution in [0.3, 0.4) is 0 Å². The van der Waals surface area contributed by atoms with Gasteiger partial charge in [0.1, 0.15) is 9.21 Å². The number of halogens is 3. The quantitative estimate of drug-likeness (QED) is 0.700. The molecule has 0 spiro atoms. The minimum absolute atomic E-state index is 0.270. The molecule has 0 N–H and O–H groups in total. The van der Waals surface area contributed by atoms with Crippen LogP contribution in [0.2, 0.25) is 0 Å². The molecule has 1 unspecified atom stereocenters. The van der Waals surface area contributed by atoms with Gasteiger partial charge in [0.15, 0.2) is 6.04 Å². The van der Waals surface area contributed by atoms with Gasteiger partial charge in [-0.1, -0.05) is 6.92 Å². The first-order valence-electron chi connectivity index (χ1n) is 4.78. The molecule has 4 nitrogen and oxygen atoms in total. The van der Waals surface area contributed by atoms with Crippen molar-refractivity contribution in [2.24, 2.45) is 0 Å². The number of hydrogen-bond acceptors (Lipinski definition) is 3. The van der Waals surface area contributed by atoms with Gasteiger partial charge < -0.3 is 4.74 Å². The summed E-state index contributed by atoms with van der Waals surface area (Å²) in [5, 5.41) is 4.22. The highest BCUT2D eigenvalue weighted by Crippen LogP contribution is 2.33. The Bertz CT molecular complexity index is 392. The third kappa shape index (κ3) is 2.87. The molecular formula is C9H11Br3N2O2. The van der Waals surface area contributed by atoms with Gasteiger partial charge in [0.25, 0.3) is 0 Å². The molecule has 0 saturated heterocycles. The number of carbonyl (C=O) groups is 1. The van der Waals surface area contributed by atoms with Crippen molar-refractivity contribution in [1.82, 2.24) is 9.78 Å². The van der Waals surface area contributed by atoms with Crippen LogP contribution in [0.4, 0.5) is 0 Å². The molecule has 1 atom stereocenters. The first-order valence-corrected chi connectivity index (χ1v) is 7.16. The van der Waals surface area contributed by atoms with Crippen molar-refractivity contribution in [3.05, 3.63) is 13.7 Å². The van der Waals surface area contributed by atoms with Gasteiger partial charge in [-0.25, -0.2) is 9.48 Å². The molecule has 1 aromatic heterocycles. The highest BCUT2D eigenvalue weighted by molar-refractivity contribution is 9.14. The number of nitrogens with zero attached hydrogens (tertiary/aromatic N) is 2. The second-order valence-corrected chi connectivity index (χ2v) is 5.31. The second-order valence-electron chi connectivity index (χ2n) is 3.02. The van der Waals surface area contributed by atoms with Crippen LogP contribution in [0, 0.1) is 0 Å². The van der Waals surface area contributed by atoms with Gasteiger partial charge in [0.05, 0.1) is 11.1 Å². The molecule has 0 bridgehead atoms. The number of aromatic nitrogens is 2. The molecule has 1 heterocycles. The number of carbonyl (C=O) groups excluding carboxylic acids is 1. The topological polar surface area (TPSA) is 44.1 Å². The van der Waals surface area contributed by atoms with E-state index >= 15 is 0 Å². The monoisotopic (exact) mass is 416 g/mol. The van der Waals surface area contributed by atoms with Gasteiger partial charge in [0, 0.05) is 0 Å². The Labute approximate surface area is 119 Å². The fourth-order valence-corrected chi connectivity index (χ4v) is 2.65. The van der Waals surface area contributed by atoms with E-state index in [0.29, 0.717) is 17.6 Å². The minimum Gasteiger partial charge on any atom is -0.464 e. The summed E-state index contributed by atoms with van der Waals surface area (Å²) in [5.74, 6) is -0.270. The molecule has 0 aliphatic heterocycles. The molecule has 16 heavy (non-hydrogen) atoms. The fourth-order valence-electron chi connectivity index (χ4n) is 1.25. The molecule has 7 heteroatoms. The third-order valence-electron chi connectivity index (χ3n) is 2.00. The number of esters is 1. The van der Waals surface area contributed by atoms with Crippen molar-refractivity contribution >= 4 is 53.8 Å². The average molecular weight is 419 g/mol. The maximum absolute atomic E-state index is 11.7. The van der Waals surface area contributed by atoms with Crippen LogP contribution < -0.4 is 0 Å². The Morgan fingerprint density at radius 2 is 2.06 bits per heavy atom. The SMILES string of the molecule is CCOC(=O)C(CC)n1nc(Br)c(Br)c1Br. The molecule has 0 aliphatic rings. The molecule has 0 aromatic carbocycles. The van der Waals surface area contributed by atoms with E-state index in [2.05, 4.69) is 52.9 Å².